The fourth-order valence-electron chi connectivity index (χ4n) is 1.16. The van der Waals surface area contributed by atoms with E-state index in [2.05, 4.69) is 10.6 Å². The normalized spacial score (nSPS) is 14.7. The highest BCUT2D eigenvalue weighted by molar-refractivity contribution is 5.94. The maximum atomic E-state index is 11.3. The maximum absolute atomic E-state index is 11.3. The van der Waals surface area contributed by atoms with Gasteiger partial charge in [0.2, 0.25) is 5.91 Å². The van der Waals surface area contributed by atoms with Crippen LogP contribution in [-0.2, 0) is 4.79 Å². The smallest absolute Gasteiger partial charge is 0.287 e. The van der Waals surface area contributed by atoms with Crippen LogP contribution in [0.15, 0.2) is 22.8 Å². The van der Waals surface area contributed by atoms with Gasteiger partial charge in [-0.05, 0) is 25.0 Å². The van der Waals surface area contributed by atoms with Gasteiger partial charge in [0.1, 0.15) is 0 Å². The van der Waals surface area contributed by atoms with Crippen LogP contribution < -0.4 is 10.6 Å². The van der Waals surface area contributed by atoms with Crippen molar-refractivity contribution in [2.75, 3.05) is 6.54 Å². The van der Waals surface area contributed by atoms with Gasteiger partial charge < -0.3 is 15.1 Å². The Hall–Kier alpha value is -1.78. The lowest BCUT2D eigenvalue weighted by Gasteiger charge is -2.03. The first-order valence-electron chi connectivity index (χ1n) is 4.87. The SMILES string of the molecule is O=C(CNC(=O)c1ccco1)NC1CC1. The Bertz CT molecular complexity index is 355. The zero-order valence-corrected chi connectivity index (χ0v) is 8.16. The molecule has 2 amide bonds. The van der Waals surface area contributed by atoms with Crippen LogP contribution >= 0.6 is 0 Å². The van der Waals surface area contributed by atoms with Crippen molar-refractivity contribution in [2.45, 2.75) is 18.9 Å². The number of furan rings is 1. The Morgan fingerprint density at radius 1 is 1.47 bits per heavy atom. The van der Waals surface area contributed by atoms with Gasteiger partial charge in [0, 0.05) is 6.04 Å². The summed E-state index contributed by atoms with van der Waals surface area (Å²) in [4.78, 5) is 22.5. The predicted octanol–water partition coefficient (Wildman–Crippen LogP) is 0.288. The second-order valence-corrected chi connectivity index (χ2v) is 3.50. The third kappa shape index (κ3) is 2.83. The summed E-state index contributed by atoms with van der Waals surface area (Å²) in [6.45, 7) is -0.00394. The lowest BCUT2D eigenvalue weighted by Crippen LogP contribution is -2.37. The first-order chi connectivity index (χ1) is 7.25. The molecule has 1 fully saturated rings. The van der Waals surface area contributed by atoms with E-state index in [0.717, 1.165) is 12.8 Å². The molecule has 5 heteroatoms. The minimum absolute atomic E-state index is 0.00394. The Morgan fingerprint density at radius 3 is 2.87 bits per heavy atom. The average molecular weight is 208 g/mol. The van der Waals surface area contributed by atoms with Crippen LogP contribution in [0.3, 0.4) is 0 Å². The van der Waals surface area contributed by atoms with Crippen molar-refractivity contribution in [1.82, 2.24) is 10.6 Å². The minimum Gasteiger partial charge on any atom is -0.459 e. The monoisotopic (exact) mass is 208 g/mol. The van der Waals surface area contributed by atoms with Gasteiger partial charge in [-0.25, -0.2) is 0 Å². The van der Waals surface area contributed by atoms with E-state index in [9.17, 15) is 9.59 Å². The van der Waals surface area contributed by atoms with E-state index in [-0.39, 0.29) is 24.1 Å². The molecule has 1 saturated carbocycles. The quantitative estimate of drug-likeness (QED) is 0.747. The number of rotatable bonds is 4. The lowest BCUT2D eigenvalue weighted by molar-refractivity contribution is -0.120. The van der Waals surface area contributed by atoms with Crippen molar-refractivity contribution < 1.29 is 14.0 Å². The summed E-state index contributed by atoms with van der Waals surface area (Å²) in [5.41, 5.74) is 0. The Labute approximate surface area is 86.8 Å². The fourth-order valence-corrected chi connectivity index (χ4v) is 1.16. The standard InChI is InChI=1S/C10H12N2O3/c13-9(12-7-3-4-7)6-11-10(14)8-2-1-5-15-8/h1-2,5,7H,3-4,6H2,(H,11,14)(H,12,13). The summed E-state index contributed by atoms with van der Waals surface area (Å²) >= 11 is 0. The van der Waals surface area contributed by atoms with Crippen LogP contribution in [-0.4, -0.2) is 24.4 Å². The van der Waals surface area contributed by atoms with Crippen molar-refractivity contribution in [3.8, 4) is 0 Å². The van der Waals surface area contributed by atoms with Gasteiger partial charge in [0.15, 0.2) is 5.76 Å². The highest BCUT2D eigenvalue weighted by Crippen LogP contribution is 2.18. The van der Waals surface area contributed by atoms with Gasteiger partial charge in [0.05, 0.1) is 12.8 Å². The molecule has 0 bridgehead atoms. The molecule has 2 N–H and O–H groups in total. The third-order valence-corrected chi connectivity index (χ3v) is 2.10. The molecule has 1 aliphatic rings. The van der Waals surface area contributed by atoms with E-state index in [1.54, 1.807) is 12.1 Å². The summed E-state index contributed by atoms with van der Waals surface area (Å²) in [6.07, 6.45) is 3.49. The molecule has 2 rings (SSSR count). The van der Waals surface area contributed by atoms with E-state index in [1.807, 2.05) is 0 Å². The molecule has 1 heterocycles. The van der Waals surface area contributed by atoms with Gasteiger partial charge in [0.25, 0.3) is 5.91 Å². The van der Waals surface area contributed by atoms with Gasteiger partial charge in [-0.2, -0.15) is 0 Å². The van der Waals surface area contributed by atoms with Crippen LogP contribution in [0.2, 0.25) is 0 Å². The van der Waals surface area contributed by atoms with Crippen LogP contribution in [0, 0.1) is 0 Å². The third-order valence-electron chi connectivity index (χ3n) is 2.10. The molecule has 1 aromatic heterocycles. The Balaban J connectivity index is 1.72. The number of hydrogen-bond acceptors (Lipinski definition) is 3. The van der Waals surface area contributed by atoms with E-state index in [1.165, 1.54) is 6.26 Å². The van der Waals surface area contributed by atoms with Crippen LogP contribution in [0.4, 0.5) is 0 Å². The Kier molecular flexibility index (Phi) is 2.71. The molecule has 1 aliphatic carbocycles. The molecule has 15 heavy (non-hydrogen) atoms. The lowest BCUT2D eigenvalue weighted by atomic mass is 10.4. The predicted molar refractivity (Wildman–Crippen MR) is 52.2 cm³/mol. The summed E-state index contributed by atoms with van der Waals surface area (Å²) in [5, 5.41) is 5.24. The average Bonchev–Trinajstić information content (AvgIpc) is 2.86. The topological polar surface area (TPSA) is 71.3 Å². The van der Waals surface area contributed by atoms with Crippen molar-refractivity contribution in [3.05, 3.63) is 24.2 Å². The molecule has 80 valence electrons. The van der Waals surface area contributed by atoms with Crippen LogP contribution in [0.5, 0.6) is 0 Å². The van der Waals surface area contributed by atoms with Crippen LogP contribution in [0.1, 0.15) is 23.4 Å². The van der Waals surface area contributed by atoms with Gasteiger partial charge >= 0.3 is 0 Å². The number of carbonyl (C=O) groups excluding carboxylic acids is 2. The van der Waals surface area contributed by atoms with E-state index >= 15 is 0 Å². The minimum atomic E-state index is -0.369. The van der Waals surface area contributed by atoms with Gasteiger partial charge in [-0.1, -0.05) is 0 Å². The number of amides is 2. The summed E-state index contributed by atoms with van der Waals surface area (Å²) in [5.74, 6) is -0.308. The summed E-state index contributed by atoms with van der Waals surface area (Å²) < 4.78 is 4.88. The highest BCUT2D eigenvalue weighted by atomic mass is 16.3. The summed E-state index contributed by atoms with van der Waals surface area (Å²) in [7, 11) is 0. The largest absolute Gasteiger partial charge is 0.459 e. The maximum Gasteiger partial charge on any atom is 0.287 e. The van der Waals surface area contributed by atoms with E-state index in [0.29, 0.717) is 6.04 Å². The first-order valence-corrected chi connectivity index (χ1v) is 4.87. The molecule has 0 unspecified atom stereocenters. The second-order valence-electron chi connectivity index (χ2n) is 3.50. The molecule has 0 aromatic carbocycles. The molecular weight excluding hydrogens is 196 g/mol. The van der Waals surface area contributed by atoms with Gasteiger partial charge in [-0.15, -0.1) is 0 Å². The Morgan fingerprint density at radius 2 is 2.27 bits per heavy atom. The van der Waals surface area contributed by atoms with Crippen molar-refractivity contribution >= 4 is 11.8 Å². The molecule has 0 saturated heterocycles. The van der Waals surface area contributed by atoms with Crippen molar-refractivity contribution in [2.24, 2.45) is 0 Å². The molecule has 5 nitrogen and oxygen atoms in total. The molecular formula is C10H12N2O3. The molecule has 0 spiro atoms. The molecule has 0 atom stereocenters. The van der Waals surface area contributed by atoms with E-state index < -0.39 is 0 Å². The molecule has 0 aliphatic heterocycles. The molecule has 1 aromatic rings. The zero-order valence-electron chi connectivity index (χ0n) is 8.16. The van der Waals surface area contributed by atoms with Crippen LogP contribution in [0.25, 0.3) is 0 Å². The van der Waals surface area contributed by atoms with Gasteiger partial charge in [-0.3, -0.25) is 9.59 Å². The number of nitrogens with one attached hydrogen (secondary N) is 2. The highest BCUT2D eigenvalue weighted by Gasteiger charge is 2.23. The zero-order chi connectivity index (χ0) is 10.7. The van der Waals surface area contributed by atoms with E-state index in [4.69, 9.17) is 4.42 Å². The second kappa shape index (κ2) is 4.16. The van der Waals surface area contributed by atoms with Crippen molar-refractivity contribution in [3.63, 3.8) is 0 Å². The number of carbonyl (C=O) groups is 2. The molecule has 0 radical (unpaired) electrons. The number of hydrogen-bond donors (Lipinski definition) is 2. The summed E-state index contributed by atoms with van der Waals surface area (Å²) in [6, 6.07) is 3.49. The first kappa shape index (κ1) is 9.76. The van der Waals surface area contributed by atoms with Crippen molar-refractivity contribution in [1.29, 1.82) is 0 Å². The fraction of sp³-hybridized carbons (Fsp3) is 0.400.